The van der Waals surface area contributed by atoms with Gasteiger partial charge in [-0.15, -0.1) is 11.6 Å². The van der Waals surface area contributed by atoms with Crippen LogP contribution in [-0.2, 0) is 17.2 Å². The largest absolute Gasteiger partial charge is 0.320 e. The van der Waals surface area contributed by atoms with Gasteiger partial charge in [-0.3, -0.25) is 4.79 Å². The van der Waals surface area contributed by atoms with Crippen molar-refractivity contribution in [3.05, 3.63) is 83.9 Å². The number of halogens is 1. The predicted octanol–water partition coefficient (Wildman–Crippen LogP) is 4.75. The minimum Gasteiger partial charge on any atom is -0.320 e. The molecule has 0 saturated carbocycles. The molecular formula is C23H23ClN4O. The highest BCUT2D eigenvalue weighted by molar-refractivity contribution is 6.15. The van der Waals surface area contributed by atoms with Crippen LogP contribution in [0, 0.1) is 11.3 Å². The molecule has 1 amide bonds. The predicted molar refractivity (Wildman–Crippen MR) is 115 cm³/mol. The lowest BCUT2D eigenvalue weighted by Gasteiger charge is -2.26. The fourth-order valence-corrected chi connectivity index (χ4v) is 3.41. The first kappa shape index (κ1) is 20.6. The molecule has 3 aromatic rings. The molecule has 6 heteroatoms. The molecule has 1 aliphatic heterocycles. The number of nitriles is 1. The molecule has 0 atom stereocenters. The van der Waals surface area contributed by atoms with E-state index in [2.05, 4.69) is 11.1 Å². The van der Waals surface area contributed by atoms with Gasteiger partial charge >= 0.3 is 0 Å². The Morgan fingerprint density at radius 3 is 2.48 bits per heavy atom. The number of carbonyl (C=O) groups is 1. The summed E-state index contributed by atoms with van der Waals surface area (Å²) in [7, 11) is 0. The lowest BCUT2D eigenvalue weighted by molar-refractivity contribution is -0.119. The summed E-state index contributed by atoms with van der Waals surface area (Å²) < 4.78 is 1.89. The Labute approximate surface area is 176 Å². The first-order valence-corrected chi connectivity index (χ1v) is 10.1. The lowest BCUT2D eigenvalue weighted by atomic mass is 10.1. The summed E-state index contributed by atoms with van der Waals surface area (Å²) in [4.78, 5) is 17.4. The van der Waals surface area contributed by atoms with E-state index in [-0.39, 0.29) is 5.91 Å². The SMILES string of the molecule is N#Cc1ccc(Cc2cncn2CCl)cc1.O=C1CCCCN1c1ccccc1. The summed E-state index contributed by atoms with van der Waals surface area (Å²) >= 11 is 5.77. The highest BCUT2D eigenvalue weighted by Crippen LogP contribution is 2.19. The van der Waals surface area contributed by atoms with E-state index in [0.29, 0.717) is 18.0 Å². The van der Waals surface area contributed by atoms with Crippen LogP contribution in [0.3, 0.4) is 0 Å². The van der Waals surface area contributed by atoms with Crippen LogP contribution in [-0.4, -0.2) is 22.0 Å². The highest BCUT2D eigenvalue weighted by atomic mass is 35.5. The van der Waals surface area contributed by atoms with Crippen LogP contribution in [0.25, 0.3) is 0 Å². The number of para-hydroxylation sites is 1. The number of rotatable bonds is 4. The molecule has 1 fully saturated rings. The van der Waals surface area contributed by atoms with Gasteiger partial charge in [0.1, 0.15) is 0 Å². The Bertz CT molecular complexity index is 961. The van der Waals surface area contributed by atoms with Crippen molar-refractivity contribution in [1.82, 2.24) is 9.55 Å². The number of alkyl halides is 1. The van der Waals surface area contributed by atoms with Gasteiger partial charge in [0.05, 0.1) is 24.0 Å². The standard InChI is InChI=1S/C12H10ClN3.C11H13NO/c13-8-16-9-15-7-12(16)5-10-1-3-11(6-14)4-2-10;13-11-8-4-5-9-12(11)10-6-2-1-3-7-10/h1-4,7,9H,5,8H2;1-3,6-7H,4-5,8-9H2. The van der Waals surface area contributed by atoms with Crippen molar-refractivity contribution < 1.29 is 4.79 Å². The van der Waals surface area contributed by atoms with Gasteiger partial charge in [0.2, 0.25) is 5.91 Å². The molecular weight excluding hydrogens is 384 g/mol. The van der Waals surface area contributed by atoms with Crippen molar-refractivity contribution in [2.75, 3.05) is 11.4 Å². The molecule has 1 aromatic heterocycles. The second-order valence-corrected chi connectivity index (χ2v) is 7.04. The van der Waals surface area contributed by atoms with E-state index in [1.807, 2.05) is 64.1 Å². The third-order valence-electron chi connectivity index (χ3n) is 4.79. The molecule has 0 N–H and O–H groups in total. The van der Waals surface area contributed by atoms with Gasteiger partial charge in [0.25, 0.3) is 0 Å². The zero-order chi connectivity index (χ0) is 20.5. The molecule has 29 heavy (non-hydrogen) atoms. The van der Waals surface area contributed by atoms with Crippen molar-refractivity contribution in [1.29, 1.82) is 5.26 Å². The second kappa shape index (κ2) is 10.4. The first-order chi connectivity index (χ1) is 14.2. The molecule has 148 valence electrons. The van der Waals surface area contributed by atoms with Crippen molar-refractivity contribution in [2.24, 2.45) is 0 Å². The van der Waals surface area contributed by atoms with Gasteiger partial charge in [-0.25, -0.2) is 4.98 Å². The third-order valence-corrected chi connectivity index (χ3v) is 5.04. The summed E-state index contributed by atoms with van der Waals surface area (Å²) in [5, 5.41) is 8.69. The lowest BCUT2D eigenvalue weighted by Crippen LogP contribution is -2.35. The smallest absolute Gasteiger partial charge is 0.226 e. The normalized spacial score (nSPS) is 13.4. The molecule has 4 rings (SSSR count). The quantitative estimate of drug-likeness (QED) is 0.587. The topological polar surface area (TPSA) is 61.9 Å². The van der Waals surface area contributed by atoms with Gasteiger partial charge in [0.15, 0.2) is 0 Å². The maximum Gasteiger partial charge on any atom is 0.226 e. The Hall–Kier alpha value is -3.10. The highest BCUT2D eigenvalue weighted by Gasteiger charge is 2.18. The molecule has 0 aliphatic carbocycles. The number of carbonyl (C=O) groups excluding carboxylic acids is 1. The van der Waals surface area contributed by atoms with Crippen LogP contribution < -0.4 is 4.90 Å². The minimum absolute atomic E-state index is 0.262. The van der Waals surface area contributed by atoms with E-state index in [4.69, 9.17) is 16.9 Å². The Kier molecular flexibility index (Phi) is 7.43. The van der Waals surface area contributed by atoms with Gasteiger partial charge in [-0.05, 0) is 42.7 Å². The molecule has 1 saturated heterocycles. The van der Waals surface area contributed by atoms with Gasteiger partial charge in [0, 0.05) is 37.0 Å². The fraction of sp³-hybridized carbons (Fsp3) is 0.261. The number of hydrogen-bond acceptors (Lipinski definition) is 3. The molecule has 1 aliphatic rings. The van der Waals surface area contributed by atoms with E-state index in [9.17, 15) is 4.79 Å². The number of hydrogen-bond donors (Lipinski definition) is 0. The number of anilines is 1. The Balaban J connectivity index is 0.000000169. The van der Waals surface area contributed by atoms with Crippen LogP contribution in [0.2, 0.25) is 0 Å². The summed E-state index contributed by atoms with van der Waals surface area (Å²) in [6.07, 6.45) is 7.17. The first-order valence-electron chi connectivity index (χ1n) is 9.60. The van der Waals surface area contributed by atoms with Crippen LogP contribution in [0.5, 0.6) is 0 Å². The maximum absolute atomic E-state index is 11.5. The van der Waals surface area contributed by atoms with Crippen molar-refractivity contribution in [2.45, 2.75) is 31.7 Å². The molecule has 0 bridgehead atoms. The summed E-state index contributed by atoms with van der Waals surface area (Å²) in [6, 6.07) is 19.9. The van der Waals surface area contributed by atoms with Gasteiger partial charge in [-0.2, -0.15) is 5.26 Å². The van der Waals surface area contributed by atoms with E-state index in [0.717, 1.165) is 42.8 Å². The third kappa shape index (κ3) is 5.69. The van der Waals surface area contributed by atoms with Crippen LogP contribution in [0.1, 0.15) is 36.1 Å². The molecule has 5 nitrogen and oxygen atoms in total. The molecule has 0 unspecified atom stereocenters. The van der Waals surface area contributed by atoms with Crippen molar-refractivity contribution in [3.8, 4) is 6.07 Å². The van der Waals surface area contributed by atoms with E-state index < -0.39 is 0 Å². The van der Waals surface area contributed by atoms with E-state index >= 15 is 0 Å². The summed E-state index contributed by atoms with van der Waals surface area (Å²) in [5.41, 5.74) is 3.92. The van der Waals surface area contributed by atoms with Gasteiger partial charge in [-0.1, -0.05) is 30.3 Å². The Morgan fingerprint density at radius 1 is 1.07 bits per heavy atom. The average molecular weight is 407 g/mol. The minimum atomic E-state index is 0.262. The summed E-state index contributed by atoms with van der Waals surface area (Å²) in [5.74, 6) is 0.262. The number of amides is 1. The molecule has 0 spiro atoms. The van der Waals surface area contributed by atoms with Crippen LogP contribution in [0.15, 0.2) is 67.1 Å². The monoisotopic (exact) mass is 406 g/mol. The van der Waals surface area contributed by atoms with Crippen LogP contribution >= 0.6 is 11.6 Å². The zero-order valence-corrected chi connectivity index (χ0v) is 16.9. The second-order valence-electron chi connectivity index (χ2n) is 6.80. The fourth-order valence-electron chi connectivity index (χ4n) is 3.20. The number of aromatic nitrogens is 2. The van der Waals surface area contributed by atoms with Crippen molar-refractivity contribution >= 4 is 23.2 Å². The number of piperidine rings is 1. The zero-order valence-electron chi connectivity index (χ0n) is 16.2. The maximum atomic E-state index is 11.5. The van der Waals surface area contributed by atoms with Crippen molar-refractivity contribution in [3.63, 3.8) is 0 Å². The average Bonchev–Trinajstić information content (AvgIpc) is 3.23. The molecule has 2 heterocycles. The number of benzene rings is 2. The van der Waals surface area contributed by atoms with E-state index in [1.54, 1.807) is 12.5 Å². The molecule has 2 aromatic carbocycles. The number of imidazole rings is 1. The van der Waals surface area contributed by atoms with Crippen LogP contribution in [0.4, 0.5) is 5.69 Å². The molecule has 0 radical (unpaired) electrons. The van der Waals surface area contributed by atoms with E-state index in [1.165, 1.54) is 0 Å². The Morgan fingerprint density at radius 2 is 1.83 bits per heavy atom. The summed E-state index contributed by atoms with van der Waals surface area (Å²) in [6.45, 7) is 0.878. The number of nitrogens with zero attached hydrogens (tertiary/aromatic N) is 4. The van der Waals surface area contributed by atoms with Gasteiger partial charge < -0.3 is 9.47 Å².